The van der Waals surface area contributed by atoms with Gasteiger partial charge in [0.1, 0.15) is 0 Å². The van der Waals surface area contributed by atoms with Gasteiger partial charge in [-0.15, -0.1) is 0 Å². The molecule has 2 N–H and O–H groups in total. The lowest BCUT2D eigenvalue weighted by atomic mass is 9.97. The number of unbranched alkanes of at least 4 members (excludes halogenated alkanes) is 12. The van der Waals surface area contributed by atoms with E-state index in [1.807, 2.05) is 48.5 Å². The van der Waals surface area contributed by atoms with E-state index in [9.17, 15) is 9.90 Å². The zero-order valence-electron chi connectivity index (χ0n) is 32.6. The molecule has 1 saturated heterocycles. The second-order valence-corrected chi connectivity index (χ2v) is 15.0. The molecule has 0 saturated carbocycles. The van der Waals surface area contributed by atoms with Crippen molar-refractivity contribution in [3.05, 3.63) is 88.5 Å². The van der Waals surface area contributed by atoms with E-state index < -0.39 is 6.29 Å². The lowest BCUT2D eigenvalue weighted by Crippen LogP contribution is -2.41. The molecule has 3 unspecified atom stereocenters. The van der Waals surface area contributed by atoms with Gasteiger partial charge < -0.3 is 29.4 Å². The van der Waals surface area contributed by atoms with E-state index in [0.29, 0.717) is 12.8 Å². The van der Waals surface area contributed by atoms with Crippen LogP contribution in [-0.2, 0) is 33.8 Å². The zero-order valence-corrected chi connectivity index (χ0v) is 32.6. The van der Waals surface area contributed by atoms with E-state index in [1.165, 1.54) is 81.8 Å². The Morgan fingerprint density at radius 1 is 0.792 bits per heavy atom. The predicted octanol–water partition coefficient (Wildman–Crippen LogP) is 10.2. The maximum absolute atomic E-state index is 12.9. The number of aliphatic hydroxyl groups is 1. The van der Waals surface area contributed by atoms with Gasteiger partial charge in [-0.2, -0.15) is 0 Å². The Bertz CT molecular complexity index is 1530. The molecule has 8 nitrogen and oxygen atoms in total. The van der Waals surface area contributed by atoms with Gasteiger partial charge in [0.15, 0.2) is 17.8 Å². The second-order valence-electron chi connectivity index (χ2n) is 15.0. The number of anilines is 1. The molecule has 3 atom stereocenters. The molecule has 0 aliphatic carbocycles. The molecule has 0 bridgehead atoms. The molecule has 0 aromatic heterocycles. The lowest BCUT2D eigenvalue weighted by molar-refractivity contribution is -0.253. The van der Waals surface area contributed by atoms with Crippen LogP contribution in [0, 0.1) is 0 Å². The van der Waals surface area contributed by atoms with E-state index in [4.69, 9.17) is 18.9 Å². The SMILES string of the molecule is CCCCCCCCCCCCCCCC(=O)Nc1cccc(C2OC(CN3CCc4cc(OC)c(OC)cc4C3)CC(c3ccc(CO)cc3)O2)c1. The van der Waals surface area contributed by atoms with Crippen molar-refractivity contribution >= 4 is 11.6 Å². The van der Waals surface area contributed by atoms with E-state index in [0.717, 1.165) is 72.8 Å². The molecule has 0 spiro atoms. The highest BCUT2D eigenvalue weighted by Gasteiger charge is 2.34. The Hall–Kier alpha value is -3.43. The maximum Gasteiger partial charge on any atom is 0.224 e. The quantitative estimate of drug-likeness (QED) is 0.0996. The number of hydrogen-bond donors (Lipinski definition) is 2. The first-order valence-electron chi connectivity index (χ1n) is 20.4. The first kappa shape index (κ1) is 40.7. The van der Waals surface area contributed by atoms with Crippen LogP contribution >= 0.6 is 0 Å². The highest BCUT2D eigenvalue weighted by atomic mass is 16.7. The van der Waals surface area contributed by atoms with Crippen LogP contribution in [0.4, 0.5) is 5.69 Å². The Balaban J connectivity index is 1.13. The van der Waals surface area contributed by atoms with Crippen molar-refractivity contribution in [3.63, 3.8) is 0 Å². The van der Waals surface area contributed by atoms with Gasteiger partial charge in [-0.3, -0.25) is 9.69 Å². The van der Waals surface area contributed by atoms with Crippen LogP contribution < -0.4 is 14.8 Å². The van der Waals surface area contributed by atoms with Crippen LogP contribution in [0.5, 0.6) is 11.5 Å². The molecule has 53 heavy (non-hydrogen) atoms. The van der Waals surface area contributed by atoms with E-state index in [-0.39, 0.29) is 24.7 Å². The molecule has 1 fully saturated rings. The van der Waals surface area contributed by atoms with Crippen LogP contribution in [0.1, 0.15) is 143 Å². The summed E-state index contributed by atoms with van der Waals surface area (Å²) in [6.07, 6.45) is 18.1. The first-order chi connectivity index (χ1) is 26.0. The zero-order chi connectivity index (χ0) is 37.3. The highest BCUT2D eigenvalue weighted by molar-refractivity contribution is 5.90. The number of amides is 1. The Morgan fingerprint density at radius 3 is 2.08 bits per heavy atom. The molecule has 1 amide bonds. The summed E-state index contributed by atoms with van der Waals surface area (Å²) in [5.41, 5.74) is 6.11. The topological polar surface area (TPSA) is 89.5 Å². The highest BCUT2D eigenvalue weighted by Crippen LogP contribution is 2.40. The first-order valence-corrected chi connectivity index (χ1v) is 20.4. The van der Waals surface area contributed by atoms with Crippen LogP contribution in [0.2, 0.25) is 0 Å². The van der Waals surface area contributed by atoms with Crippen molar-refractivity contribution in [2.45, 2.75) is 141 Å². The predicted molar refractivity (Wildman–Crippen MR) is 212 cm³/mol. The van der Waals surface area contributed by atoms with Crippen molar-refractivity contribution in [1.29, 1.82) is 0 Å². The smallest absolute Gasteiger partial charge is 0.224 e. The summed E-state index contributed by atoms with van der Waals surface area (Å²) in [7, 11) is 3.35. The second kappa shape index (κ2) is 22.1. The molecular formula is C45H64N2O6. The molecule has 2 aliphatic heterocycles. The normalized spacial score (nSPS) is 18.8. The minimum Gasteiger partial charge on any atom is -0.493 e. The molecule has 3 aromatic carbocycles. The van der Waals surface area contributed by atoms with Crippen LogP contribution in [0.25, 0.3) is 0 Å². The Labute approximate surface area is 318 Å². The van der Waals surface area contributed by atoms with Crippen molar-refractivity contribution < 1.29 is 28.8 Å². The summed E-state index contributed by atoms with van der Waals surface area (Å²) in [6, 6.07) is 20.1. The van der Waals surface area contributed by atoms with E-state index >= 15 is 0 Å². The Morgan fingerprint density at radius 2 is 1.43 bits per heavy atom. The molecule has 2 aliphatic rings. The lowest BCUT2D eigenvalue weighted by Gasteiger charge is -2.39. The van der Waals surface area contributed by atoms with E-state index in [1.54, 1.807) is 14.2 Å². The van der Waals surface area contributed by atoms with Gasteiger partial charge in [-0.1, -0.05) is 120 Å². The fourth-order valence-corrected chi connectivity index (χ4v) is 7.71. The van der Waals surface area contributed by atoms with Gasteiger partial charge in [0.05, 0.1) is 33.0 Å². The number of carbonyl (C=O) groups is 1. The summed E-state index contributed by atoms with van der Waals surface area (Å²) >= 11 is 0. The average Bonchev–Trinajstić information content (AvgIpc) is 3.19. The number of hydrogen-bond acceptors (Lipinski definition) is 7. The molecule has 8 heteroatoms. The third-order valence-electron chi connectivity index (χ3n) is 10.8. The molecule has 0 radical (unpaired) electrons. The Kier molecular flexibility index (Phi) is 17.0. The summed E-state index contributed by atoms with van der Waals surface area (Å²) < 4.78 is 24.5. The van der Waals surface area contributed by atoms with Crippen LogP contribution in [0.15, 0.2) is 60.7 Å². The van der Waals surface area contributed by atoms with Gasteiger partial charge in [0.25, 0.3) is 0 Å². The summed E-state index contributed by atoms with van der Waals surface area (Å²) in [5.74, 6) is 1.57. The molecule has 2 heterocycles. The number of aliphatic hydroxyl groups excluding tert-OH is 1. The van der Waals surface area contributed by atoms with Crippen molar-refractivity contribution in [2.24, 2.45) is 0 Å². The van der Waals surface area contributed by atoms with Crippen molar-refractivity contribution in [2.75, 3.05) is 32.6 Å². The van der Waals surface area contributed by atoms with Gasteiger partial charge in [-0.25, -0.2) is 0 Å². The maximum atomic E-state index is 12.9. The number of ether oxygens (including phenoxy) is 4. The number of nitrogens with one attached hydrogen (secondary N) is 1. The average molecular weight is 729 g/mol. The minimum absolute atomic E-state index is 0.00509. The molecule has 3 aromatic rings. The molecular weight excluding hydrogens is 665 g/mol. The summed E-state index contributed by atoms with van der Waals surface area (Å²) in [5, 5.41) is 12.7. The van der Waals surface area contributed by atoms with Crippen molar-refractivity contribution in [3.8, 4) is 11.5 Å². The monoisotopic (exact) mass is 728 g/mol. The number of nitrogens with zero attached hydrogens (tertiary/aromatic N) is 1. The van der Waals surface area contributed by atoms with Gasteiger partial charge in [0.2, 0.25) is 5.91 Å². The number of rotatable bonds is 22. The van der Waals surface area contributed by atoms with E-state index in [2.05, 4.69) is 29.3 Å². The summed E-state index contributed by atoms with van der Waals surface area (Å²) in [4.78, 5) is 15.4. The fourth-order valence-electron chi connectivity index (χ4n) is 7.71. The minimum atomic E-state index is -0.587. The number of carbonyl (C=O) groups excluding carboxylic acids is 1. The molecule has 5 rings (SSSR count). The number of methoxy groups -OCH3 is 2. The summed E-state index contributed by atoms with van der Waals surface area (Å²) in [6.45, 7) is 4.76. The van der Waals surface area contributed by atoms with Gasteiger partial charge in [0, 0.05) is 43.7 Å². The van der Waals surface area contributed by atoms with Gasteiger partial charge in [-0.05, 0) is 59.4 Å². The standard InChI is InChI=1S/C45H64N2O6/c1-4-5-6-7-8-9-10-11-12-13-14-15-16-20-44(49)46-39-19-17-18-37(27-39)45-52-40(30-41(53-45)35-23-21-34(33-48)22-24-35)32-47-26-25-36-28-42(50-2)43(51-3)29-38(36)31-47/h17-19,21-24,27-29,40-41,45,48H,4-16,20,25-26,30-33H2,1-3H3,(H,46,49). The number of fused-ring (bicyclic) bond motifs is 1. The largest absolute Gasteiger partial charge is 0.493 e. The number of benzene rings is 3. The van der Waals surface area contributed by atoms with Crippen LogP contribution in [0.3, 0.4) is 0 Å². The third kappa shape index (κ3) is 12.8. The molecule has 290 valence electrons. The fraction of sp³-hybridized carbons (Fsp3) is 0.578. The van der Waals surface area contributed by atoms with Gasteiger partial charge >= 0.3 is 0 Å². The van der Waals surface area contributed by atoms with Crippen LogP contribution in [-0.4, -0.2) is 49.3 Å². The van der Waals surface area contributed by atoms with Crippen molar-refractivity contribution in [1.82, 2.24) is 4.90 Å². The third-order valence-corrected chi connectivity index (χ3v) is 10.8.